The quantitative estimate of drug-likeness (QED) is 0.648. The normalized spacial score (nSPS) is 20.6. The standard InChI is InChI=1S/C21H27ClN4OS/c1-15-9-10-17(12-18(15)22)26-14-23-24-21(26)28-13-20(27)25-11-5-8-19(25)16-6-3-2-4-7-16/h9-10,12,14,16,19H,2-8,11,13H2,1H3. The monoisotopic (exact) mass is 418 g/mol. The zero-order chi connectivity index (χ0) is 19.5. The Kier molecular flexibility index (Phi) is 6.26. The molecule has 1 aromatic heterocycles. The van der Waals surface area contributed by atoms with Crippen molar-refractivity contribution in [3.8, 4) is 5.69 Å². The lowest BCUT2D eigenvalue weighted by molar-refractivity contribution is -0.130. The number of carbonyl (C=O) groups excluding carboxylic acids is 1. The summed E-state index contributed by atoms with van der Waals surface area (Å²) in [7, 11) is 0. The van der Waals surface area contributed by atoms with E-state index in [4.69, 9.17) is 11.6 Å². The van der Waals surface area contributed by atoms with Crippen molar-refractivity contribution in [2.75, 3.05) is 12.3 Å². The number of hydrogen-bond acceptors (Lipinski definition) is 4. The van der Waals surface area contributed by atoms with Gasteiger partial charge in [-0.15, -0.1) is 10.2 Å². The highest BCUT2D eigenvalue weighted by molar-refractivity contribution is 7.99. The molecule has 0 N–H and O–H groups in total. The summed E-state index contributed by atoms with van der Waals surface area (Å²) in [5, 5.41) is 9.69. The third-order valence-corrected chi connectivity index (χ3v) is 7.42. The fourth-order valence-corrected chi connectivity index (χ4v) is 5.54. The minimum atomic E-state index is 0.231. The van der Waals surface area contributed by atoms with Crippen LogP contribution in [0, 0.1) is 12.8 Å². The highest BCUT2D eigenvalue weighted by atomic mass is 35.5. The predicted octanol–water partition coefficient (Wildman–Crippen LogP) is 4.89. The summed E-state index contributed by atoms with van der Waals surface area (Å²) in [6.45, 7) is 2.88. The Morgan fingerprint density at radius 1 is 1.21 bits per heavy atom. The van der Waals surface area contributed by atoms with Crippen LogP contribution in [0.15, 0.2) is 29.7 Å². The lowest BCUT2D eigenvalue weighted by atomic mass is 9.83. The van der Waals surface area contributed by atoms with Crippen LogP contribution < -0.4 is 0 Å². The molecule has 1 saturated carbocycles. The number of benzene rings is 1. The molecule has 1 saturated heterocycles. The van der Waals surface area contributed by atoms with E-state index >= 15 is 0 Å². The van der Waals surface area contributed by atoms with Crippen LogP contribution in [0.1, 0.15) is 50.5 Å². The van der Waals surface area contributed by atoms with Crippen LogP contribution in [0.4, 0.5) is 0 Å². The SMILES string of the molecule is Cc1ccc(-n2cnnc2SCC(=O)N2CCCC2C2CCCCC2)cc1Cl. The van der Waals surface area contributed by atoms with Gasteiger partial charge in [-0.1, -0.05) is 48.7 Å². The number of amides is 1. The molecule has 1 aromatic carbocycles. The number of thioether (sulfide) groups is 1. The van der Waals surface area contributed by atoms with Gasteiger partial charge in [0, 0.05) is 17.6 Å². The highest BCUT2D eigenvalue weighted by Gasteiger charge is 2.35. The number of hydrogen-bond donors (Lipinski definition) is 0. The largest absolute Gasteiger partial charge is 0.339 e. The van der Waals surface area contributed by atoms with Gasteiger partial charge in [-0.2, -0.15) is 0 Å². The van der Waals surface area contributed by atoms with Crippen LogP contribution in [0.3, 0.4) is 0 Å². The molecule has 2 aromatic rings. The minimum Gasteiger partial charge on any atom is -0.339 e. The summed E-state index contributed by atoms with van der Waals surface area (Å²) in [4.78, 5) is 15.1. The average molecular weight is 419 g/mol. The Bertz CT molecular complexity index is 834. The molecule has 2 fully saturated rings. The second kappa shape index (κ2) is 8.87. The minimum absolute atomic E-state index is 0.231. The van der Waals surface area contributed by atoms with E-state index < -0.39 is 0 Å². The van der Waals surface area contributed by atoms with Crippen molar-refractivity contribution >= 4 is 29.3 Å². The maximum Gasteiger partial charge on any atom is 0.233 e. The molecule has 0 radical (unpaired) electrons. The number of halogens is 1. The molecule has 1 aliphatic heterocycles. The zero-order valence-corrected chi connectivity index (χ0v) is 17.9. The first-order chi connectivity index (χ1) is 13.6. The molecule has 1 aliphatic carbocycles. The summed E-state index contributed by atoms with van der Waals surface area (Å²) in [5.74, 6) is 1.33. The molecule has 7 heteroatoms. The van der Waals surface area contributed by atoms with Gasteiger partial charge in [-0.05, 0) is 56.2 Å². The zero-order valence-electron chi connectivity index (χ0n) is 16.3. The molecule has 1 unspecified atom stereocenters. The number of likely N-dealkylation sites (tertiary alicyclic amines) is 1. The van der Waals surface area contributed by atoms with Gasteiger partial charge in [-0.3, -0.25) is 9.36 Å². The molecule has 2 heterocycles. The number of rotatable bonds is 5. The molecule has 28 heavy (non-hydrogen) atoms. The van der Waals surface area contributed by atoms with E-state index in [0.29, 0.717) is 22.7 Å². The Balaban J connectivity index is 1.41. The van der Waals surface area contributed by atoms with Gasteiger partial charge in [0.2, 0.25) is 5.91 Å². The van der Waals surface area contributed by atoms with Gasteiger partial charge < -0.3 is 4.90 Å². The van der Waals surface area contributed by atoms with E-state index in [-0.39, 0.29) is 5.91 Å². The van der Waals surface area contributed by atoms with Crippen LogP contribution in [0.2, 0.25) is 5.02 Å². The first-order valence-corrected chi connectivity index (χ1v) is 11.6. The molecular formula is C21H27ClN4OS. The molecule has 150 valence electrons. The second-order valence-corrected chi connectivity index (χ2v) is 9.25. The first-order valence-electron chi connectivity index (χ1n) is 10.2. The smallest absolute Gasteiger partial charge is 0.233 e. The molecule has 2 aliphatic rings. The van der Waals surface area contributed by atoms with Gasteiger partial charge in [-0.25, -0.2) is 0 Å². The summed E-state index contributed by atoms with van der Waals surface area (Å²) in [6.07, 6.45) is 10.5. The number of carbonyl (C=O) groups is 1. The van der Waals surface area contributed by atoms with Gasteiger partial charge in [0.1, 0.15) is 6.33 Å². The number of aryl methyl sites for hydroxylation is 1. The van der Waals surface area contributed by atoms with E-state index in [1.807, 2.05) is 29.7 Å². The van der Waals surface area contributed by atoms with Crippen molar-refractivity contribution in [1.82, 2.24) is 19.7 Å². The molecule has 1 amide bonds. The molecule has 4 rings (SSSR count). The molecule has 0 bridgehead atoms. The average Bonchev–Trinajstić information content (AvgIpc) is 3.38. The third kappa shape index (κ3) is 4.23. The Morgan fingerprint density at radius 2 is 2.04 bits per heavy atom. The molecular weight excluding hydrogens is 392 g/mol. The van der Waals surface area contributed by atoms with E-state index in [1.165, 1.54) is 50.3 Å². The lowest BCUT2D eigenvalue weighted by Gasteiger charge is -2.34. The van der Waals surface area contributed by atoms with E-state index in [0.717, 1.165) is 29.4 Å². The Hall–Kier alpha value is -1.53. The maximum absolute atomic E-state index is 13.0. The van der Waals surface area contributed by atoms with Crippen molar-refractivity contribution < 1.29 is 4.79 Å². The van der Waals surface area contributed by atoms with Crippen molar-refractivity contribution in [3.05, 3.63) is 35.1 Å². The lowest BCUT2D eigenvalue weighted by Crippen LogP contribution is -2.41. The van der Waals surface area contributed by atoms with Crippen LogP contribution >= 0.6 is 23.4 Å². The van der Waals surface area contributed by atoms with Crippen LogP contribution in [0.25, 0.3) is 5.69 Å². The van der Waals surface area contributed by atoms with Crippen LogP contribution in [-0.4, -0.2) is 43.9 Å². The van der Waals surface area contributed by atoms with Gasteiger partial charge >= 0.3 is 0 Å². The molecule has 5 nitrogen and oxygen atoms in total. The van der Waals surface area contributed by atoms with E-state index in [1.54, 1.807) is 6.33 Å². The first kappa shape index (κ1) is 19.8. The highest BCUT2D eigenvalue weighted by Crippen LogP contribution is 2.35. The van der Waals surface area contributed by atoms with Crippen LogP contribution in [-0.2, 0) is 4.79 Å². The van der Waals surface area contributed by atoms with E-state index in [9.17, 15) is 4.79 Å². The molecule has 1 atom stereocenters. The summed E-state index contributed by atoms with van der Waals surface area (Å²) in [6, 6.07) is 6.33. The van der Waals surface area contributed by atoms with Crippen molar-refractivity contribution in [1.29, 1.82) is 0 Å². The van der Waals surface area contributed by atoms with E-state index in [2.05, 4.69) is 15.1 Å². The number of nitrogens with zero attached hydrogens (tertiary/aromatic N) is 4. The fraction of sp³-hybridized carbons (Fsp3) is 0.571. The predicted molar refractivity (Wildman–Crippen MR) is 113 cm³/mol. The summed E-state index contributed by atoms with van der Waals surface area (Å²) in [5.41, 5.74) is 1.95. The van der Waals surface area contributed by atoms with Gasteiger partial charge in [0.25, 0.3) is 0 Å². The summed E-state index contributed by atoms with van der Waals surface area (Å²) >= 11 is 7.72. The second-order valence-electron chi connectivity index (χ2n) is 7.90. The van der Waals surface area contributed by atoms with Gasteiger partial charge in [0.05, 0.1) is 11.4 Å². The number of aromatic nitrogens is 3. The summed E-state index contributed by atoms with van der Waals surface area (Å²) < 4.78 is 1.89. The topological polar surface area (TPSA) is 51.0 Å². The van der Waals surface area contributed by atoms with Crippen LogP contribution in [0.5, 0.6) is 0 Å². The third-order valence-electron chi connectivity index (χ3n) is 6.09. The van der Waals surface area contributed by atoms with Crippen molar-refractivity contribution in [3.63, 3.8) is 0 Å². The fourth-order valence-electron chi connectivity index (χ4n) is 4.55. The van der Waals surface area contributed by atoms with Crippen molar-refractivity contribution in [2.24, 2.45) is 5.92 Å². The Morgan fingerprint density at radius 3 is 2.82 bits per heavy atom. The van der Waals surface area contributed by atoms with Crippen molar-refractivity contribution in [2.45, 2.75) is 63.1 Å². The maximum atomic E-state index is 13.0. The Labute approximate surface area is 175 Å². The molecule has 0 spiro atoms. The van der Waals surface area contributed by atoms with Gasteiger partial charge in [0.15, 0.2) is 5.16 Å².